The molecular weight excluding hydrogens is 244 g/mol. The van der Waals surface area contributed by atoms with E-state index < -0.39 is 0 Å². The number of piperazine rings is 1. The lowest BCUT2D eigenvalue weighted by Gasteiger charge is -2.34. The summed E-state index contributed by atoms with van der Waals surface area (Å²) >= 11 is 0. The van der Waals surface area contributed by atoms with Crippen molar-refractivity contribution in [1.29, 1.82) is 0 Å². The zero-order valence-electron chi connectivity index (χ0n) is 12.1. The number of aliphatic hydroxyl groups is 1. The van der Waals surface area contributed by atoms with Gasteiger partial charge in [0.2, 0.25) is 0 Å². The molecule has 1 fully saturated rings. The number of esters is 1. The largest absolute Gasteiger partial charge is 0.466 e. The van der Waals surface area contributed by atoms with E-state index in [9.17, 15) is 4.79 Å². The van der Waals surface area contributed by atoms with Gasteiger partial charge in [-0.25, -0.2) is 0 Å². The Hall–Kier alpha value is -0.650. The van der Waals surface area contributed by atoms with Crippen LogP contribution in [-0.2, 0) is 9.53 Å². The molecule has 0 radical (unpaired) electrons. The number of aliphatic hydroxyl groups excluding tert-OH is 1. The van der Waals surface area contributed by atoms with Gasteiger partial charge in [0.1, 0.15) is 0 Å². The van der Waals surface area contributed by atoms with Gasteiger partial charge in [0.05, 0.1) is 13.2 Å². The summed E-state index contributed by atoms with van der Waals surface area (Å²) in [6.07, 6.45) is 3.73. The fraction of sp³-hybridized carbons (Fsp3) is 0.929. The van der Waals surface area contributed by atoms with Crippen molar-refractivity contribution in [3.05, 3.63) is 0 Å². The van der Waals surface area contributed by atoms with E-state index in [2.05, 4.69) is 9.80 Å². The molecule has 1 saturated heterocycles. The maximum absolute atomic E-state index is 11.1. The summed E-state index contributed by atoms with van der Waals surface area (Å²) in [6, 6.07) is 0. The number of nitrogens with zero attached hydrogens (tertiary/aromatic N) is 2. The van der Waals surface area contributed by atoms with E-state index in [1.807, 2.05) is 6.92 Å². The number of β-amino-alcohol motifs (C(OH)–C–C–N with tert-alkyl or cyclic N) is 1. The van der Waals surface area contributed by atoms with Crippen molar-refractivity contribution in [2.24, 2.45) is 0 Å². The molecular formula is C14H28N2O3. The fourth-order valence-corrected chi connectivity index (χ4v) is 2.39. The lowest BCUT2D eigenvalue weighted by Crippen LogP contribution is -2.47. The Morgan fingerprint density at radius 1 is 1.05 bits per heavy atom. The zero-order valence-corrected chi connectivity index (χ0v) is 12.1. The lowest BCUT2D eigenvalue weighted by molar-refractivity contribution is -0.143. The summed E-state index contributed by atoms with van der Waals surface area (Å²) in [7, 11) is 0. The average Bonchev–Trinajstić information content (AvgIpc) is 2.41. The second-order valence-corrected chi connectivity index (χ2v) is 5.02. The predicted octanol–water partition coefficient (Wildman–Crippen LogP) is 0.720. The van der Waals surface area contributed by atoms with Crippen molar-refractivity contribution in [2.45, 2.75) is 32.6 Å². The van der Waals surface area contributed by atoms with Crippen LogP contribution in [0.15, 0.2) is 0 Å². The monoisotopic (exact) mass is 272 g/mol. The van der Waals surface area contributed by atoms with Crippen LogP contribution in [0.1, 0.15) is 32.6 Å². The highest BCUT2D eigenvalue weighted by Crippen LogP contribution is 2.06. The summed E-state index contributed by atoms with van der Waals surface area (Å²) in [5.74, 6) is -0.0693. The van der Waals surface area contributed by atoms with E-state index in [1.165, 1.54) is 0 Å². The van der Waals surface area contributed by atoms with Crippen LogP contribution in [0.25, 0.3) is 0 Å². The van der Waals surface area contributed by atoms with Gasteiger partial charge in [0, 0.05) is 39.1 Å². The Morgan fingerprint density at radius 2 is 1.68 bits per heavy atom. The third kappa shape index (κ3) is 7.50. The van der Waals surface area contributed by atoms with Crippen LogP contribution in [0.5, 0.6) is 0 Å². The molecule has 1 heterocycles. The zero-order chi connectivity index (χ0) is 13.9. The number of carbonyl (C=O) groups is 1. The average molecular weight is 272 g/mol. The van der Waals surface area contributed by atoms with E-state index in [1.54, 1.807) is 0 Å². The second-order valence-electron chi connectivity index (χ2n) is 5.02. The van der Waals surface area contributed by atoms with Crippen molar-refractivity contribution in [2.75, 3.05) is 52.5 Å². The van der Waals surface area contributed by atoms with Crippen LogP contribution in [0, 0.1) is 0 Å². The molecule has 1 aliphatic heterocycles. The van der Waals surface area contributed by atoms with Gasteiger partial charge >= 0.3 is 5.97 Å². The molecule has 0 aliphatic carbocycles. The lowest BCUT2D eigenvalue weighted by atomic mass is 10.2. The smallest absolute Gasteiger partial charge is 0.305 e. The normalized spacial score (nSPS) is 17.6. The molecule has 0 bridgehead atoms. The summed E-state index contributed by atoms with van der Waals surface area (Å²) < 4.78 is 4.90. The van der Waals surface area contributed by atoms with Crippen molar-refractivity contribution < 1.29 is 14.6 Å². The van der Waals surface area contributed by atoms with Crippen LogP contribution < -0.4 is 0 Å². The molecule has 0 amide bonds. The molecule has 0 aromatic carbocycles. The highest BCUT2D eigenvalue weighted by atomic mass is 16.5. The number of unbranched alkanes of at least 4 members (excludes halogenated alkanes) is 2. The third-order valence-electron chi connectivity index (χ3n) is 3.54. The summed E-state index contributed by atoms with van der Waals surface area (Å²) in [4.78, 5) is 15.9. The van der Waals surface area contributed by atoms with Crippen LogP contribution in [-0.4, -0.2) is 73.4 Å². The minimum absolute atomic E-state index is 0.0693. The highest BCUT2D eigenvalue weighted by Gasteiger charge is 2.15. The molecule has 112 valence electrons. The van der Waals surface area contributed by atoms with E-state index in [0.717, 1.165) is 58.5 Å². The third-order valence-corrected chi connectivity index (χ3v) is 3.54. The van der Waals surface area contributed by atoms with Crippen LogP contribution in [0.4, 0.5) is 0 Å². The van der Waals surface area contributed by atoms with E-state index >= 15 is 0 Å². The molecule has 0 unspecified atom stereocenters. The Morgan fingerprint density at radius 3 is 2.26 bits per heavy atom. The Labute approximate surface area is 116 Å². The number of rotatable bonds is 9. The van der Waals surface area contributed by atoms with Gasteiger partial charge in [0.25, 0.3) is 0 Å². The Balaban J connectivity index is 1.95. The standard InChI is InChI=1S/C14H28N2O3/c1-2-19-14(18)6-4-3-5-7-15-8-10-16(11-9-15)12-13-17/h17H,2-13H2,1H3. The van der Waals surface area contributed by atoms with Crippen molar-refractivity contribution >= 4 is 5.97 Å². The molecule has 5 heteroatoms. The molecule has 0 saturated carbocycles. The highest BCUT2D eigenvalue weighted by molar-refractivity contribution is 5.69. The SMILES string of the molecule is CCOC(=O)CCCCCN1CCN(CCO)CC1. The maximum Gasteiger partial charge on any atom is 0.305 e. The quantitative estimate of drug-likeness (QED) is 0.495. The molecule has 0 aromatic rings. The number of ether oxygens (including phenoxy) is 1. The number of hydrogen-bond donors (Lipinski definition) is 1. The molecule has 0 spiro atoms. The van der Waals surface area contributed by atoms with E-state index in [-0.39, 0.29) is 12.6 Å². The van der Waals surface area contributed by atoms with Crippen molar-refractivity contribution in [3.63, 3.8) is 0 Å². The number of hydrogen-bond acceptors (Lipinski definition) is 5. The first-order valence-corrected chi connectivity index (χ1v) is 7.47. The minimum Gasteiger partial charge on any atom is -0.466 e. The van der Waals surface area contributed by atoms with Gasteiger partial charge in [-0.05, 0) is 26.3 Å². The first-order chi connectivity index (χ1) is 9.26. The topological polar surface area (TPSA) is 53.0 Å². The molecule has 1 aliphatic rings. The predicted molar refractivity (Wildman–Crippen MR) is 75.1 cm³/mol. The molecule has 1 rings (SSSR count). The molecule has 19 heavy (non-hydrogen) atoms. The van der Waals surface area contributed by atoms with Gasteiger partial charge in [-0.15, -0.1) is 0 Å². The van der Waals surface area contributed by atoms with Gasteiger partial charge in [0.15, 0.2) is 0 Å². The first-order valence-electron chi connectivity index (χ1n) is 7.47. The maximum atomic E-state index is 11.1. The fourth-order valence-electron chi connectivity index (χ4n) is 2.39. The van der Waals surface area contributed by atoms with Gasteiger partial charge in [-0.2, -0.15) is 0 Å². The Bertz CT molecular complexity index is 241. The summed E-state index contributed by atoms with van der Waals surface area (Å²) in [5, 5.41) is 8.87. The van der Waals surface area contributed by atoms with Crippen molar-refractivity contribution in [1.82, 2.24) is 9.80 Å². The van der Waals surface area contributed by atoms with E-state index in [0.29, 0.717) is 13.0 Å². The van der Waals surface area contributed by atoms with Crippen LogP contribution >= 0.6 is 0 Å². The minimum atomic E-state index is -0.0693. The number of carbonyl (C=O) groups excluding carboxylic acids is 1. The summed E-state index contributed by atoms with van der Waals surface area (Å²) in [5.41, 5.74) is 0. The van der Waals surface area contributed by atoms with Crippen molar-refractivity contribution in [3.8, 4) is 0 Å². The van der Waals surface area contributed by atoms with Gasteiger partial charge < -0.3 is 14.7 Å². The second kappa shape index (κ2) is 10.2. The molecule has 5 nitrogen and oxygen atoms in total. The van der Waals surface area contributed by atoms with Gasteiger partial charge in [-0.1, -0.05) is 6.42 Å². The van der Waals surface area contributed by atoms with Crippen LogP contribution in [0.2, 0.25) is 0 Å². The molecule has 1 N–H and O–H groups in total. The van der Waals surface area contributed by atoms with Crippen LogP contribution in [0.3, 0.4) is 0 Å². The molecule has 0 atom stereocenters. The molecule has 0 aromatic heterocycles. The summed E-state index contributed by atoms with van der Waals surface area (Å²) in [6.45, 7) is 8.81. The van der Waals surface area contributed by atoms with E-state index in [4.69, 9.17) is 9.84 Å². The Kier molecular flexibility index (Phi) is 8.79. The first kappa shape index (κ1) is 16.4. The van der Waals surface area contributed by atoms with Gasteiger partial charge in [-0.3, -0.25) is 9.69 Å².